The van der Waals surface area contributed by atoms with Crippen molar-refractivity contribution in [1.29, 1.82) is 0 Å². The first-order valence-electron chi connectivity index (χ1n) is 9.10. The van der Waals surface area contributed by atoms with Gasteiger partial charge in [0.1, 0.15) is 5.82 Å². The molecule has 1 aliphatic carbocycles. The number of carbonyl (C=O) groups is 4. The molecule has 9 heteroatoms. The van der Waals surface area contributed by atoms with Crippen LogP contribution in [0.4, 0.5) is 9.18 Å². The summed E-state index contributed by atoms with van der Waals surface area (Å²) in [5.41, 5.74) is -0.751. The summed E-state index contributed by atoms with van der Waals surface area (Å²) in [7, 11) is 0. The summed E-state index contributed by atoms with van der Waals surface area (Å²) in [6.45, 7) is -0.345. The average molecular weight is 408 g/mol. The molecule has 7 nitrogen and oxygen atoms in total. The van der Waals surface area contributed by atoms with Gasteiger partial charge in [0.05, 0.1) is 11.2 Å². The van der Waals surface area contributed by atoms with Crippen molar-refractivity contribution >= 4 is 34.8 Å². The van der Waals surface area contributed by atoms with Crippen molar-refractivity contribution in [3.05, 3.63) is 35.6 Å². The molecule has 1 aromatic rings. The van der Waals surface area contributed by atoms with E-state index in [0.717, 1.165) is 29.5 Å². The van der Waals surface area contributed by atoms with Crippen LogP contribution < -0.4 is 5.32 Å². The Kier molecular flexibility index (Phi) is 6.33. The van der Waals surface area contributed by atoms with Crippen LogP contribution in [0.2, 0.25) is 0 Å². The normalized spacial score (nSPS) is 18.4. The molecular weight excluding hydrogens is 387 g/mol. The fourth-order valence-electron chi connectivity index (χ4n) is 3.64. The lowest BCUT2D eigenvalue weighted by atomic mass is 9.78. The van der Waals surface area contributed by atoms with Crippen molar-refractivity contribution in [2.75, 3.05) is 25.4 Å². The molecule has 0 spiro atoms. The third-order valence-electron chi connectivity index (χ3n) is 5.07. The molecule has 28 heavy (non-hydrogen) atoms. The predicted octanol–water partition coefficient (Wildman–Crippen LogP) is 1.99. The second kappa shape index (κ2) is 8.72. The Morgan fingerprint density at radius 2 is 1.93 bits per heavy atom. The molecule has 3 rings (SSSR count). The van der Waals surface area contributed by atoms with Crippen molar-refractivity contribution in [2.45, 2.75) is 31.1 Å². The van der Waals surface area contributed by atoms with Gasteiger partial charge in [-0.3, -0.25) is 24.1 Å². The van der Waals surface area contributed by atoms with E-state index >= 15 is 0 Å². The second-order valence-corrected chi connectivity index (χ2v) is 7.72. The van der Waals surface area contributed by atoms with Crippen LogP contribution in [0.1, 0.15) is 31.2 Å². The van der Waals surface area contributed by atoms with Gasteiger partial charge >= 0.3 is 5.97 Å². The number of halogens is 1. The predicted molar refractivity (Wildman–Crippen MR) is 100 cm³/mol. The molecule has 0 radical (unpaired) electrons. The number of amides is 3. The fraction of sp³-hybridized carbons (Fsp3) is 0.474. The van der Waals surface area contributed by atoms with E-state index < -0.39 is 29.7 Å². The molecular formula is C19H21FN2O5S. The zero-order valence-corrected chi connectivity index (χ0v) is 16.1. The molecule has 1 aliphatic heterocycles. The van der Waals surface area contributed by atoms with E-state index in [9.17, 15) is 23.6 Å². The zero-order chi connectivity index (χ0) is 20.1. The third-order valence-corrected chi connectivity index (χ3v) is 5.93. The highest BCUT2D eigenvalue weighted by Crippen LogP contribution is 2.43. The highest BCUT2D eigenvalue weighted by molar-refractivity contribution is 8.14. The monoisotopic (exact) mass is 408 g/mol. The van der Waals surface area contributed by atoms with Crippen molar-refractivity contribution in [1.82, 2.24) is 10.2 Å². The number of rotatable bonds is 7. The number of ether oxygens (including phenoxy) is 1. The Hall–Kier alpha value is -2.42. The summed E-state index contributed by atoms with van der Waals surface area (Å²) in [4.78, 5) is 48.7. The number of carbonyl (C=O) groups excluding carboxylic acids is 4. The number of nitrogens with one attached hydrogen (secondary N) is 1. The lowest BCUT2D eigenvalue weighted by Gasteiger charge is -2.27. The van der Waals surface area contributed by atoms with Gasteiger partial charge in [-0.2, -0.15) is 0 Å². The van der Waals surface area contributed by atoms with Crippen LogP contribution in [-0.2, 0) is 24.5 Å². The zero-order valence-electron chi connectivity index (χ0n) is 15.2. The molecule has 2 aliphatic rings. The van der Waals surface area contributed by atoms with Gasteiger partial charge in [0.25, 0.3) is 11.1 Å². The van der Waals surface area contributed by atoms with Crippen LogP contribution >= 0.6 is 11.8 Å². The van der Waals surface area contributed by atoms with Gasteiger partial charge in [-0.25, -0.2) is 4.39 Å². The summed E-state index contributed by atoms with van der Waals surface area (Å²) >= 11 is 0.924. The minimum atomic E-state index is -1.06. The lowest BCUT2D eigenvalue weighted by molar-refractivity contribution is -0.154. The van der Waals surface area contributed by atoms with Crippen LogP contribution in [-0.4, -0.2) is 53.4 Å². The first-order valence-corrected chi connectivity index (χ1v) is 10.1. The molecule has 2 fully saturated rings. The number of thioether (sulfide) groups is 1. The van der Waals surface area contributed by atoms with Crippen LogP contribution in [0.25, 0.3) is 0 Å². The molecule has 0 aromatic heterocycles. The number of nitrogens with zero attached hydrogens (tertiary/aromatic N) is 1. The van der Waals surface area contributed by atoms with E-state index in [4.69, 9.17) is 4.74 Å². The SMILES string of the molecule is O=C(COC(=O)C1(c2ccccc2F)CCCC1)NCCN1C(=O)CSC1=O. The number of imide groups is 1. The molecule has 150 valence electrons. The van der Waals surface area contributed by atoms with Crippen LogP contribution in [0.15, 0.2) is 24.3 Å². The fourth-order valence-corrected chi connectivity index (χ4v) is 4.39. The van der Waals surface area contributed by atoms with Crippen molar-refractivity contribution in [3.8, 4) is 0 Å². The van der Waals surface area contributed by atoms with Crippen LogP contribution in [0.5, 0.6) is 0 Å². The molecule has 0 atom stereocenters. The van der Waals surface area contributed by atoms with Crippen molar-refractivity contribution in [3.63, 3.8) is 0 Å². The topological polar surface area (TPSA) is 92.8 Å². The summed E-state index contributed by atoms with van der Waals surface area (Å²) in [6, 6.07) is 6.14. The van der Waals surface area contributed by atoms with E-state index in [-0.39, 0.29) is 30.0 Å². The molecule has 3 amide bonds. The minimum absolute atomic E-state index is 0.0729. The molecule has 0 unspecified atom stereocenters. The lowest BCUT2D eigenvalue weighted by Crippen LogP contribution is -2.41. The van der Waals surface area contributed by atoms with E-state index in [2.05, 4.69) is 5.32 Å². The Morgan fingerprint density at radius 1 is 1.21 bits per heavy atom. The highest BCUT2D eigenvalue weighted by Gasteiger charge is 2.46. The van der Waals surface area contributed by atoms with Crippen LogP contribution in [0, 0.1) is 5.82 Å². The second-order valence-electron chi connectivity index (χ2n) is 6.80. The molecule has 1 saturated carbocycles. The van der Waals surface area contributed by atoms with E-state index in [1.54, 1.807) is 18.2 Å². The number of hydrogen-bond acceptors (Lipinski definition) is 6. The standard InChI is InChI=1S/C19H21FN2O5S/c20-14-6-2-1-5-13(14)19(7-3-4-8-19)17(25)27-11-15(23)21-9-10-22-16(24)12-28-18(22)26/h1-2,5-6H,3-4,7-12H2,(H,21,23). The van der Waals surface area contributed by atoms with Gasteiger partial charge in [-0.15, -0.1) is 0 Å². The van der Waals surface area contributed by atoms with Gasteiger partial charge in [0, 0.05) is 18.7 Å². The van der Waals surface area contributed by atoms with Crippen molar-refractivity contribution < 1.29 is 28.3 Å². The quantitative estimate of drug-likeness (QED) is 0.694. The van der Waals surface area contributed by atoms with Gasteiger partial charge < -0.3 is 10.1 Å². The molecule has 1 saturated heterocycles. The smallest absolute Gasteiger partial charge is 0.317 e. The maximum Gasteiger partial charge on any atom is 0.317 e. The van der Waals surface area contributed by atoms with E-state index in [1.165, 1.54) is 6.07 Å². The first-order chi connectivity index (χ1) is 13.4. The third kappa shape index (κ3) is 4.19. The molecule has 0 bridgehead atoms. The van der Waals surface area contributed by atoms with E-state index in [0.29, 0.717) is 18.4 Å². The summed E-state index contributed by atoms with van der Waals surface area (Å²) in [5, 5.41) is 2.18. The average Bonchev–Trinajstić information content (AvgIpc) is 3.29. The summed E-state index contributed by atoms with van der Waals surface area (Å²) in [6.07, 6.45) is 2.52. The number of esters is 1. The maximum absolute atomic E-state index is 14.3. The van der Waals surface area contributed by atoms with Gasteiger partial charge in [0.2, 0.25) is 5.91 Å². The molecule has 1 N–H and O–H groups in total. The van der Waals surface area contributed by atoms with E-state index in [1.807, 2.05) is 0 Å². The van der Waals surface area contributed by atoms with Gasteiger partial charge in [-0.05, 0) is 18.9 Å². The summed E-state index contributed by atoms with van der Waals surface area (Å²) in [5.74, 6) is -1.77. The highest BCUT2D eigenvalue weighted by atomic mass is 32.2. The molecule has 1 heterocycles. The summed E-state index contributed by atoms with van der Waals surface area (Å²) < 4.78 is 19.5. The minimum Gasteiger partial charge on any atom is -0.455 e. The number of hydrogen-bond donors (Lipinski definition) is 1. The van der Waals surface area contributed by atoms with Gasteiger partial charge in [0.15, 0.2) is 6.61 Å². The molecule has 1 aromatic carbocycles. The Labute approximate surface area is 166 Å². The largest absolute Gasteiger partial charge is 0.455 e. The maximum atomic E-state index is 14.3. The first kappa shape index (κ1) is 20.3. The van der Waals surface area contributed by atoms with Crippen molar-refractivity contribution in [2.24, 2.45) is 0 Å². The Morgan fingerprint density at radius 3 is 2.57 bits per heavy atom. The van der Waals surface area contributed by atoms with Gasteiger partial charge in [-0.1, -0.05) is 42.8 Å². The van der Waals surface area contributed by atoms with Crippen LogP contribution in [0.3, 0.4) is 0 Å². The number of benzene rings is 1. The Balaban J connectivity index is 1.52. The Bertz CT molecular complexity index is 778.